The summed E-state index contributed by atoms with van der Waals surface area (Å²) in [7, 11) is 4.09. The monoisotopic (exact) mass is 259 g/mol. The first-order chi connectivity index (χ1) is 9.18. The maximum atomic E-state index is 5.92. The van der Waals surface area contributed by atoms with Crippen molar-refractivity contribution in [1.82, 2.24) is 10.2 Å². The summed E-state index contributed by atoms with van der Waals surface area (Å²) in [6, 6.07) is 12.1. The van der Waals surface area contributed by atoms with Crippen LogP contribution in [-0.2, 0) is 6.54 Å². The van der Waals surface area contributed by atoms with E-state index >= 15 is 0 Å². The van der Waals surface area contributed by atoms with Crippen LogP contribution in [0.15, 0.2) is 47.1 Å². The molecule has 1 aromatic carbocycles. The maximum absolute atomic E-state index is 5.92. The minimum atomic E-state index is 0.222. The fourth-order valence-corrected chi connectivity index (χ4v) is 2.06. The van der Waals surface area contributed by atoms with Gasteiger partial charge in [0.25, 0.3) is 0 Å². The second-order valence-electron chi connectivity index (χ2n) is 4.82. The average Bonchev–Trinajstić information content (AvgIpc) is 2.89. The number of hydrogen-bond donors (Lipinski definition) is 2. The molecule has 1 unspecified atom stereocenters. The Bertz CT molecular complexity index is 494. The van der Waals surface area contributed by atoms with Crippen LogP contribution in [0, 0.1) is 0 Å². The van der Waals surface area contributed by atoms with Gasteiger partial charge in [-0.2, -0.15) is 0 Å². The molecule has 0 bridgehead atoms. The van der Waals surface area contributed by atoms with Crippen LogP contribution in [0.25, 0.3) is 0 Å². The number of furan rings is 1. The molecule has 0 spiro atoms. The highest BCUT2D eigenvalue weighted by atomic mass is 16.3. The van der Waals surface area contributed by atoms with Crippen LogP contribution in [0.2, 0.25) is 0 Å². The van der Waals surface area contributed by atoms with Gasteiger partial charge in [0, 0.05) is 18.8 Å². The topological polar surface area (TPSA) is 54.4 Å². The quantitative estimate of drug-likeness (QED) is 0.781. The van der Waals surface area contributed by atoms with Gasteiger partial charge >= 0.3 is 0 Å². The third-order valence-electron chi connectivity index (χ3n) is 3.20. The zero-order chi connectivity index (χ0) is 13.7. The molecule has 0 saturated carbocycles. The van der Waals surface area contributed by atoms with E-state index in [4.69, 9.17) is 10.2 Å². The molecule has 1 heterocycles. The molecule has 1 atom stereocenters. The Labute approximate surface area is 114 Å². The number of nitrogens with zero attached hydrogens (tertiary/aromatic N) is 1. The molecule has 0 aliphatic heterocycles. The smallest absolute Gasteiger partial charge is 0.122 e. The van der Waals surface area contributed by atoms with Gasteiger partial charge in [-0.1, -0.05) is 18.2 Å². The molecular weight excluding hydrogens is 238 g/mol. The minimum Gasteiger partial charge on any atom is -0.468 e. The lowest BCUT2D eigenvalue weighted by molar-refractivity contribution is 0.250. The number of likely N-dealkylation sites (N-methyl/N-ethyl adjacent to an activating group) is 1. The van der Waals surface area contributed by atoms with Gasteiger partial charge in [0.05, 0.1) is 12.3 Å². The Morgan fingerprint density at radius 2 is 2.00 bits per heavy atom. The van der Waals surface area contributed by atoms with E-state index in [1.165, 1.54) is 0 Å². The summed E-state index contributed by atoms with van der Waals surface area (Å²) in [5, 5.41) is 3.43. The number of nitrogens with one attached hydrogen (secondary N) is 1. The molecular formula is C15H21N3O. The molecule has 19 heavy (non-hydrogen) atoms. The zero-order valence-electron chi connectivity index (χ0n) is 11.5. The van der Waals surface area contributed by atoms with E-state index in [2.05, 4.69) is 10.2 Å². The molecule has 0 aliphatic rings. The molecule has 3 N–H and O–H groups in total. The standard InChI is InChI=1S/C15H21N3O/c1-18(2)14(15-8-5-9-19-15)11-17-10-12-6-3-4-7-13(12)16/h3-9,14,17H,10-11,16H2,1-2H3. The largest absolute Gasteiger partial charge is 0.468 e. The van der Waals surface area contributed by atoms with Crippen molar-refractivity contribution in [1.29, 1.82) is 0 Å². The molecule has 4 heteroatoms. The highest BCUT2D eigenvalue weighted by molar-refractivity contribution is 5.46. The third-order valence-corrected chi connectivity index (χ3v) is 3.20. The van der Waals surface area contributed by atoms with Crippen LogP contribution in [0.4, 0.5) is 5.69 Å². The SMILES string of the molecule is CN(C)C(CNCc1ccccc1N)c1ccco1. The van der Waals surface area contributed by atoms with E-state index in [0.29, 0.717) is 0 Å². The van der Waals surface area contributed by atoms with Gasteiger partial charge in [-0.05, 0) is 37.9 Å². The van der Waals surface area contributed by atoms with Crippen LogP contribution in [-0.4, -0.2) is 25.5 Å². The van der Waals surface area contributed by atoms with Gasteiger partial charge in [-0.3, -0.25) is 4.90 Å². The summed E-state index contributed by atoms with van der Waals surface area (Å²) >= 11 is 0. The minimum absolute atomic E-state index is 0.222. The van der Waals surface area contributed by atoms with Crippen LogP contribution < -0.4 is 11.1 Å². The normalized spacial score (nSPS) is 12.8. The summed E-state index contributed by atoms with van der Waals surface area (Å²) < 4.78 is 5.48. The highest BCUT2D eigenvalue weighted by Crippen LogP contribution is 2.18. The second-order valence-corrected chi connectivity index (χ2v) is 4.82. The molecule has 0 saturated heterocycles. The van der Waals surface area contributed by atoms with Gasteiger partial charge in [-0.25, -0.2) is 0 Å². The maximum Gasteiger partial charge on any atom is 0.122 e. The van der Waals surface area contributed by atoms with Crippen molar-refractivity contribution in [2.24, 2.45) is 0 Å². The average molecular weight is 259 g/mol. The fraction of sp³-hybridized carbons (Fsp3) is 0.333. The van der Waals surface area contributed by atoms with Crippen LogP contribution in [0.1, 0.15) is 17.4 Å². The van der Waals surface area contributed by atoms with Gasteiger partial charge in [-0.15, -0.1) is 0 Å². The van der Waals surface area contributed by atoms with Gasteiger partial charge in [0.1, 0.15) is 5.76 Å². The Morgan fingerprint density at radius 3 is 2.63 bits per heavy atom. The van der Waals surface area contributed by atoms with Crippen molar-refractivity contribution in [2.45, 2.75) is 12.6 Å². The summed E-state index contributed by atoms with van der Waals surface area (Å²) in [6.45, 7) is 1.58. The lowest BCUT2D eigenvalue weighted by Crippen LogP contribution is -2.30. The number of para-hydroxylation sites is 1. The van der Waals surface area contributed by atoms with Crippen LogP contribution in [0.3, 0.4) is 0 Å². The first-order valence-electron chi connectivity index (χ1n) is 6.42. The number of anilines is 1. The van der Waals surface area contributed by atoms with Crippen LogP contribution in [0.5, 0.6) is 0 Å². The lowest BCUT2D eigenvalue weighted by Gasteiger charge is -2.22. The molecule has 1 aromatic heterocycles. The summed E-state index contributed by atoms with van der Waals surface area (Å²) in [5.41, 5.74) is 7.88. The van der Waals surface area contributed by atoms with Crippen LogP contribution >= 0.6 is 0 Å². The number of rotatable bonds is 6. The van der Waals surface area contributed by atoms with E-state index in [9.17, 15) is 0 Å². The van der Waals surface area contributed by atoms with Crippen molar-refractivity contribution in [3.63, 3.8) is 0 Å². The van der Waals surface area contributed by atoms with E-state index < -0.39 is 0 Å². The zero-order valence-corrected chi connectivity index (χ0v) is 11.5. The van der Waals surface area contributed by atoms with Crippen molar-refractivity contribution < 1.29 is 4.42 Å². The Morgan fingerprint density at radius 1 is 1.21 bits per heavy atom. The number of hydrogen-bond acceptors (Lipinski definition) is 4. The summed E-state index contributed by atoms with van der Waals surface area (Å²) in [6.07, 6.45) is 1.71. The molecule has 4 nitrogen and oxygen atoms in total. The van der Waals surface area contributed by atoms with Crippen molar-refractivity contribution >= 4 is 5.69 Å². The predicted molar refractivity (Wildman–Crippen MR) is 77.7 cm³/mol. The predicted octanol–water partition coefficient (Wildman–Crippen LogP) is 2.25. The summed E-state index contributed by atoms with van der Waals surface area (Å²) in [5.74, 6) is 0.971. The third kappa shape index (κ3) is 3.59. The molecule has 0 amide bonds. The van der Waals surface area contributed by atoms with E-state index in [1.807, 2.05) is 50.5 Å². The number of benzene rings is 1. The van der Waals surface area contributed by atoms with Gasteiger partial charge in [0.2, 0.25) is 0 Å². The van der Waals surface area contributed by atoms with E-state index in [0.717, 1.165) is 30.1 Å². The summed E-state index contributed by atoms with van der Waals surface area (Å²) in [4.78, 5) is 2.14. The van der Waals surface area contributed by atoms with E-state index in [-0.39, 0.29) is 6.04 Å². The number of nitrogens with two attached hydrogens (primary N) is 1. The van der Waals surface area contributed by atoms with Crippen molar-refractivity contribution in [3.05, 3.63) is 54.0 Å². The fourth-order valence-electron chi connectivity index (χ4n) is 2.06. The lowest BCUT2D eigenvalue weighted by atomic mass is 10.1. The molecule has 2 aromatic rings. The second kappa shape index (κ2) is 6.41. The molecule has 0 radical (unpaired) electrons. The molecule has 2 rings (SSSR count). The van der Waals surface area contributed by atoms with Crippen molar-refractivity contribution in [2.75, 3.05) is 26.4 Å². The molecule has 0 fully saturated rings. The first-order valence-corrected chi connectivity index (χ1v) is 6.42. The van der Waals surface area contributed by atoms with E-state index in [1.54, 1.807) is 6.26 Å². The Hall–Kier alpha value is -1.78. The molecule has 0 aliphatic carbocycles. The Kier molecular flexibility index (Phi) is 4.60. The molecule has 102 valence electrons. The Balaban J connectivity index is 1.92. The number of nitrogen functional groups attached to an aromatic ring is 1. The van der Waals surface area contributed by atoms with Crippen molar-refractivity contribution in [3.8, 4) is 0 Å². The highest BCUT2D eigenvalue weighted by Gasteiger charge is 2.16. The van der Waals surface area contributed by atoms with Gasteiger partial charge < -0.3 is 15.5 Å². The van der Waals surface area contributed by atoms with Gasteiger partial charge in [0.15, 0.2) is 0 Å². The first kappa shape index (κ1) is 13.6.